The first kappa shape index (κ1) is 12.7. The molecular weight excluding hydrogens is 234 g/mol. The largest absolute Gasteiger partial charge is 0.394 e. The Hall–Kier alpha value is -0.370. The van der Waals surface area contributed by atoms with Crippen LogP contribution in [0.25, 0.3) is 0 Å². The summed E-state index contributed by atoms with van der Waals surface area (Å²) in [7, 11) is 0. The summed E-state index contributed by atoms with van der Waals surface area (Å²) in [5.74, 6) is 0.834. The molecule has 1 aromatic rings. The predicted octanol–water partition coefficient (Wildman–Crippen LogP) is 1.07. The number of nitrogens with one attached hydrogen (secondary N) is 1. The van der Waals surface area contributed by atoms with E-state index in [-0.39, 0.29) is 6.61 Å². The maximum absolute atomic E-state index is 8.48. The zero-order valence-corrected chi connectivity index (χ0v) is 10.2. The fraction of sp³-hybridized carbons (Fsp3) is 0.750. The fourth-order valence-corrected chi connectivity index (χ4v) is 2.59. The van der Waals surface area contributed by atoms with Crippen molar-refractivity contribution >= 4 is 28.2 Å². The van der Waals surface area contributed by atoms with Gasteiger partial charge in [0.1, 0.15) is 0 Å². The van der Waals surface area contributed by atoms with Crippen molar-refractivity contribution in [3.63, 3.8) is 0 Å². The van der Waals surface area contributed by atoms with Crippen molar-refractivity contribution in [2.75, 3.05) is 37.4 Å². The average Bonchev–Trinajstić information content (AvgIpc) is 2.66. The van der Waals surface area contributed by atoms with Gasteiger partial charge in [-0.2, -0.15) is 0 Å². The number of rotatable bonds is 8. The van der Waals surface area contributed by atoms with Gasteiger partial charge in [0.25, 0.3) is 0 Å². The summed E-state index contributed by atoms with van der Waals surface area (Å²) in [5.41, 5.74) is 0. The van der Waals surface area contributed by atoms with E-state index in [1.807, 2.05) is 6.92 Å². The zero-order chi connectivity index (χ0) is 10.9. The molecule has 0 fully saturated rings. The third-order valence-electron chi connectivity index (χ3n) is 1.42. The molecule has 15 heavy (non-hydrogen) atoms. The van der Waals surface area contributed by atoms with E-state index in [0.29, 0.717) is 13.2 Å². The molecule has 0 aromatic carbocycles. The van der Waals surface area contributed by atoms with Gasteiger partial charge < -0.3 is 15.2 Å². The van der Waals surface area contributed by atoms with Gasteiger partial charge in [0.2, 0.25) is 5.13 Å². The fourth-order valence-electron chi connectivity index (χ4n) is 0.845. The molecule has 0 aliphatic carbocycles. The van der Waals surface area contributed by atoms with Crippen molar-refractivity contribution in [2.24, 2.45) is 0 Å². The first-order chi connectivity index (χ1) is 7.36. The Balaban J connectivity index is 2.14. The predicted molar refractivity (Wildman–Crippen MR) is 62.7 cm³/mol. The van der Waals surface area contributed by atoms with E-state index >= 15 is 0 Å². The van der Waals surface area contributed by atoms with Gasteiger partial charge in [-0.25, -0.2) is 0 Å². The molecule has 0 saturated heterocycles. The van der Waals surface area contributed by atoms with Gasteiger partial charge in [-0.05, 0) is 6.92 Å². The maximum Gasteiger partial charge on any atom is 0.206 e. The molecule has 0 bridgehead atoms. The topological polar surface area (TPSA) is 67.3 Å². The highest BCUT2D eigenvalue weighted by atomic mass is 32.2. The van der Waals surface area contributed by atoms with E-state index in [9.17, 15) is 0 Å². The average molecular weight is 249 g/mol. The summed E-state index contributed by atoms with van der Waals surface area (Å²) < 4.78 is 6.07. The molecule has 1 aromatic heterocycles. The van der Waals surface area contributed by atoms with E-state index < -0.39 is 0 Å². The Morgan fingerprint density at radius 1 is 1.47 bits per heavy atom. The van der Waals surface area contributed by atoms with Crippen LogP contribution in [0.5, 0.6) is 0 Å². The highest BCUT2D eigenvalue weighted by Gasteiger charge is 2.02. The highest BCUT2D eigenvalue weighted by Crippen LogP contribution is 2.24. The molecule has 0 unspecified atom stereocenters. The van der Waals surface area contributed by atoms with Gasteiger partial charge in [-0.3, -0.25) is 0 Å². The molecule has 0 aliphatic rings. The van der Waals surface area contributed by atoms with Gasteiger partial charge >= 0.3 is 0 Å². The molecule has 86 valence electrons. The number of nitrogens with zero attached hydrogens (tertiary/aromatic N) is 2. The molecule has 0 spiro atoms. The lowest BCUT2D eigenvalue weighted by Gasteiger charge is -1.98. The number of aliphatic hydroxyl groups is 1. The van der Waals surface area contributed by atoms with Gasteiger partial charge in [0, 0.05) is 12.3 Å². The second kappa shape index (κ2) is 7.86. The van der Waals surface area contributed by atoms with Crippen molar-refractivity contribution < 1.29 is 9.84 Å². The third kappa shape index (κ3) is 5.31. The Morgan fingerprint density at radius 3 is 3.07 bits per heavy atom. The zero-order valence-electron chi connectivity index (χ0n) is 8.60. The summed E-state index contributed by atoms with van der Waals surface area (Å²) in [5, 5.41) is 20.4. The van der Waals surface area contributed by atoms with Gasteiger partial charge in [-0.1, -0.05) is 23.1 Å². The summed E-state index contributed by atoms with van der Waals surface area (Å²) >= 11 is 3.16. The number of thioether (sulfide) groups is 1. The van der Waals surface area contributed by atoms with Crippen LogP contribution >= 0.6 is 23.1 Å². The quantitative estimate of drug-likeness (QED) is 0.530. The summed E-state index contributed by atoms with van der Waals surface area (Å²) in [6, 6.07) is 0. The van der Waals surface area contributed by atoms with E-state index in [2.05, 4.69) is 15.5 Å². The lowest BCUT2D eigenvalue weighted by Crippen LogP contribution is -2.02. The van der Waals surface area contributed by atoms with E-state index in [4.69, 9.17) is 9.84 Å². The minimum atomic E-state index is 0.0774. The van der Waals surface area contributed by atoms with Crippen LogP contribution in [-0.2, 0) is 4.74 Å². The highest BCUT2D eigenvalue weighted by molar-refractivity contribution is 8.01. The number of hydrogen-bond acceptors (Lipinski definition) is 7. The second-order valence-corrected chi connectivity index (χ2v) is 4.91. The van der Waals surface area contributed by atoms with Gasteiger partial charge in [0.15, 0.2) is 4.34 Å². The summed E-state index contributed by atoms with van der Waals surface area (Å²) in [4.78, 5) is 0. The minimum Gasteiger partial charge on any atom is -0.394 e. The third-order valence-corrected chi connectivity index (χ3v) is 3.40. The van der Waals surface area contributed by atoms with Crippen LogP contribution in [0.3, 0.4) is 0 Å². The Morgan fingerprint density at radius 2 is 2.33 bits per heavy atom. The molecule has 2 N–H and O–H groups in total. The van der Waals surface area contributed by atoms with E-state index in [0.717, 1.165) is 21.8 Å². The molecule has 0 amide bonds. The van der Waals surface area contributed by atoms with Crippen LogP contribution in [0.4, 0.5) is 5.13 Å². The van der Waals surface area contributed by atoms with E-state index in [1.54, 1.807) is 23.1 Å². The molecule has 0 aliphatic heterocycles. The molecule has 0 radical (unpaired) electrons. The molecule has 0 saturated carbocycles. The number of ether oxygens (including phenoxy) is 1. The van der Waals surface area contributed by atoms with Crippen LogP contribution in [0.1, 0.15) is 6.92 Å². The molecule has 1 heterocycles. The van der Waals surface area contributed by atoms with Crippen molar-refractivity contribution in [1.82, 2.24) is 10.2 Å². The lowest BCUT2D eigenvalue weighted by molar-refractivity contribution is 0.103. The summed E-state index contributed by atoms with van der Waals surface area (Å²) in [6.07, 6.45) is 0. The number of hydrogen-bond donors (Lipinski definition) is 2. The molecule has 5 nitrogen and oxygen atoms in total. The molecular formula is C8H15N3O2S2. The van der Waals surface area contributed by atoms with Crippen molar-refractivity contribution in [1.29, 1.82) is 0 Å². The SMILES string of the molecule is CCNc1nnc(SCCOCCO)s1. The maximum atomic E-state index is 8.48. The smallest absolute Gasteiger partial charge is 0.206 e. The monoisotopic (exact) mass is 249 g/mol. The Labute approximate surface area is 97.2 Å². The molecule has 1 rings (SSSR count). The Kier molecular flexibility index (Phi) is 6.66. The van der Waals surface area contributed by atoms with Gasteiger partial charge in [0.05, 0.1) is 19.8 Å². The number of anilines is 1. The number of aromatic nitrogens is 2. The van der Waals surface area contributed by atoms with Crippen LogP contribution in [0.2, 0.25) is 0 Å². The van der Waals surface area contributed by atoms with Crippen molar-refractivity contribution in [3.05, 3.63) is 0 Å². The van der Waals surface area contributed by atoms with E-state index in [1.165, 1.54) is 0 Å². The van der Waals surface area contributed by atoms with Crippen molar-refractivity contribution in [3.8, 4) is 0 Å². The first-order valence-corrected chi connectivity index (χ1v) is 6.55. The van der Waals surface area contributed by atoms with Crippen LogP contribution in [0, 0.1) is 0 Å². The van der Waals surface area contributed by atoms with Crippen LogP contribution in [-0.4, -0.2) is 47.4 Å². The Bertz CT molecular complexity index is 270. The van der Waals surface area contributed by atoms with Crippen LogP contribution in [0.15, 0.2) is 4.34 Å². The molecule has 0 atom stereocenters. The van der Waals surface area contributed by atoms with Gasteiger partial charge in [-0.15, -0.1) is 10.2 Å². The number of aliphatic hydroxyl groups excluding tert-OH is 1. The summed E-state index contributed by atoms with van der Waals surface area (Å²) in [6.45, 7) is 3.99. The van der Waals surface area contributed by atoms with Crippen LogP contribution < -0.4 is 5.32 Å². The lowest BCUT2D eigenvalue weighted by atomic mass is 10.7. The second-order valence-electron chi connectivity index (χ2n) is 2.59. The van der Waals surface area contributed by atoms with Crippen molar-refractivity contribution in [2.45, 2.75) is 11.3 Å². The minimum absolute atomic E-state index is 0.0774. The molecule has 7 heteroatoms. The normalized spacial score (nSPS) is 10.5. The standard InChI is InChI=1S/C8H15N3O2S2/c1-2-9-7-10-11-8(15-7)14-6-5-13-4-3-12/h12H,2-6H2,1H3,(H,9,10). The first-order valence-electron chi connectivity index (χ1n) is 4.75.